The zero-order valence-corrected chi connectivity index (χ0v) is 7.70. The van der Waals surface area contributed by atoms with E-state index in [-0.39, 0.29) is 0 Å². The quantitative estimate of drug-likeness (QED) is 0.544. The molecule has 0 atom stereocenters. The van der Waals surface area contributed by atoms with E-state index < -0.39 is 0 Å². The normalized spacial score (nSPS) is 10.7. The number of rotatable bonds is 2. The molecule has 13 heavy (non-hydrogen) atoms. The summed E-state index contributed by atoms with van der Waals surface area (Å²) in [6.07, 6.45) is 0. The van der Waals surface area contributed by atoms with Crippen molar-refractivity contribution in [2.45, 2.75) is 6.92 Å². The summed E-state index contributed by atoms with van der Waals surface area (Å²) in [5, 5.41) is 12.6. The van der Waals surface area contributed by atoms with E-state index in [9.17, 15) is 0 Å². The van der Waals surface area contributed by atoms with Crippen molar-refractivity contribution in [1.82, 2.24) is 5.43 Å². The standard InChI is InChI=1S/C10H11N3/c1-8(13-12-2)10-5-3-9(7-11)4-6-10/h3-6,12H,1-2H3/b13-8-. The van der Waals surface area contributed by atoms with E-state index >= 15 is 0 Å². The molecule has 0 radical (unpaired) electrons. The Bertz CT molecular complexity index is 343. The molecule has 1 aromatic carbocycles. The Kier molecular flexibility index (Phi) is 3.04. The van der Waals surface area contributed by atoms with Crippen LogP contribution in [0.3, 0.4) is 0 Å². The second-order valence-electron chi connectivity index (χ2n) is 2.61. The molecule has 3 nitrogen and oxygen atoms in total. The van der Waals surface area contributed by atoms with Gasteiger partial charge in [-0.1, -0.05) is 12.1 Å². The summed E-state index contributed by atoms with van der Waals surface area (Å²) in [5.41, 5.74) is 5.32. The Balaban J connectivity index is 2.94. The van der Waals surface area contributed by atoms with Gasteiger partial charge in [-0.25, -0.2) is 0 Å². The summed E-state index contributed by atoms with van der Waals surface area (Å²) in [6, 6.07) is 9.40. The molecule has 0 unspecified atom stereocenters. The zero-order valence-electron chi connectivity index (χ0n) is 7.70. The largest absolute Gasteiger partial charge is 0.313 e. The Morgan fingerprint density at radius 3 is 2.46 bits per heavy atom. The molecule has 0 aliphatic rings. The number of nitrogens with zero attached hydrogens (tertiary/aromatic N) is 2. The second kappa shape index (κ2) is 4.27. The van der Waals surface area contributed by atoms with Gasteiger partial charge >= 0.3 is 0 Å². The van der Waals surface area contributed by atoms with Gasteiger partial charge in [0.2, 0.25) is 0 Å². The molecule has 0 amide bonds. The fraction of sp³-hybridized carbons (Fsp3) is 0.200. The van der Waals surface area contributed by atoms with E-state index in [0.717, 1.165) is 11.3 Å². The minimum Gasteiger partial charge on any atom is -0.313 e. The maximum Gasteiger partial charge on any atom is 0.0991 e. The lowest BCUT2D eigenvalue weighted by Crippen LogP contribution is -2.02. The summed E-state index contributed by atoms with van der Waals surface area (Å²) in [5.74, 6) is 0. The van der Waals surface area contributed by atoms with E-state index in [4.69, 9.17) is 5.26 Å². The van der Waals surface area contributed by atoms with E-state index in [1.807, 2.05) is 19.1 Å². The molecule has 1 aromatic rings. The van der Waals surface area contributed by atoms with Gasteiger partial charge in [0, 0.05) is 7.05 Å². The summed E-state index contributed by atoms with van der Waals surface area (Å²) in [7, 11) is 1.76. The Hall–Kier alpha value is -1.82. The third-order valence-corrected chi connectivity index (χ3v) is 1.71. The first-order chi connectivity index (χ1) is 6.27. The van der Waals surface area contributed by atoms with E-state index in [2.05, 4.69) is 16.6 Å². The first-order valence-electron chi connectivity index (χ1n) is 3.99. The van der Waals surface area contributed by atoms with Gasteiger partial charge in [-0.3, -0.25) is 0 Å². The van der Waals surface area contributed by atoms with Gasteiger partial charge in [-0.15, -0.1) is 0 Å². The van der Waals surface area contributed by atoms with Crippen molar-refractivity contribution in [2.24, 2.45) is 5.10 Å². The highest BCUT2D eigenvalue weighted by atomic mass is 15.3. The highest BCUT2D eigenvalue weighted by Gasteiger charge is 1.96. The summed E-state index contributed by atoms with van der Waals surface area (Å²) < 4.78 is 0. The SMILES string of the molecule is CN/N=C(/C)c1ccc(C#N)cc1. The van der Waals surface area contributed by atoms with Crippen molar-refractivity contribution in [1.29, 1.82) is 5.26 Å². The summed E-state index contributed by atoms with van der Waals surface area (Å²) in [4.78, 5) is 0. The molecular weight excluding hydrogens is 162 g/mol. The lowest BCUT2D eigenvalue weighted by atomic mass is 10.1. The predicted molar refractivity (Wildman–Crippen MR) is 52.4 cm³/mol. The van der Waals surface area contributed by atoms with Crippen LogP contribution in [0.25, 0.3) is 0 Å². The fourth-order valence-corrected chi connectivity index (χ4v) is 1.02. The maximum atomic E-state index is 8.58. The molecule has 1 N–H and O–H groups in total. The molecule has 66 valence electrons. The van der Waals surface area contributed by atoms with Crippen molar-refractivity contribution in [2.75, 3.05) is 7.05 Å². The topological polar surface area (TPSA) is 48.2 Å². The lowest BCUT2D eigenvalue weighted by Gasteiger charge is -1.99. The molecule has 0 spiro atoms. The maximum absolute atomic E-state index is 8.58. The predicted octanol–water partition coefficient (Wildman–Crippen LogP) is 1.50. The fourth-order valence-electron chi connectivity index (χ4n) is 1.02. The van der Waals surface area contributed by atoms with Crippen LogP contribution in [-0.4, -0.2) is 12.8 Å². The van der Waals surface area contributed by atoms with Crippen molar-refractivity contribution in [3.05, 3.63) is 35.4 Å². The minimum absolute atomic E-state index is 0.668. The zero-order chi connectivity index (χ0) is 9.68. The molecular formula is C10H11N3. The van der Waals surface area contributed by atoms with Gasteiger partial charge in [0.1, 0.15) is 0 Å². The van der Waals surface area contributed by atoms with Crippen molar-refractivity contribution >= 4 is 5.71 Å². The van der Waals surface area contributed by atoms with E-state index in [1.54, 1.807) is 19.2 Å². The average Bonchev–Trinajstić information content (AvgIpc) is 2.18. The third kappa shape index (κ3) is 2.31. The van der Waals surface area contributed by atoms with Gasteiger partial charge in [0.25, 0.3) is 0 Å². The summed E-state index contributed by atoms with van der Waals surface area (Å²) >= 11 is 0. The van der Waals surface area contributed by atoms with Crippen LogP contribution in [0.1, 0.15) is 18.1 Å². The number of hydrogen-bond acceptors (Lipinski definition) is 3. The number of hydrazone groups is 1. The van der Waals surface area contributed by atoms with Crippen LogP contribution in [-0.2, 0) is 0 Å². The van der Waals surface area contributed by atoms with Gasteiger partial charge in [0.05, 0.1) is 17.3 Å². The minimum atomic E-state index is 0.668. The third-order valence-electron chi connectivity index (χ3n) is 1.71. The monoisotopic (exact) mass is 173 g/mol. The van der Waals surface area contributed by atoms with Crippen molar-refractivity contribution < 1.29 is 0 Å². The Labute approximate surface area is 77.7 Å². The van der Waals surface area contributed by atoms with Crippen LogP contribution >= 0.6 is 0 Å². The van der Waals surface area contributed by atoms with Crippen LogP contribution in [0.15, 0.2) is 29.4 Å². The number of benzene rings is 1. The molecule has 0 aliphatic carbocycles. The Morgan fingerprint density at radius 1 is 1.38 bits per heavy atom. The van der Waals surface area contributed by atoms with Crippen LogP contribution < -0.4 is 5.43 Å². The molecule has 1 rings (SSSR count). The highest BCUT2D eigenvalue weighted by molar-refractivity contribution is 5.98. The van der Waals surface area contributed by atoms with Gasteiger partial charge < -0.3 is 5.43 Å². The van der Waals surface area contributed by atoms with Crippen LogP contribution in [0, 0.1) is 11.3 Å². The smallest absolute Gasteiger partial charge is 0.0991 e. The lowest BCUT2D eigenvalue weighted by molar-refractivity contribution is 0.900. The van der Waals surface area contributed by atoms with Gasteiger partial charge in [0.15, 0.2) is 0 Å². The molecule has 0 saturated carbocycles. The first-order valence-corrected chi connectivity index (χ1v) is 3.99. The average molecular weight is 173 g/mol. The molecule has 0 aliphatic heterocycles. The van der Waals surface area contributed by atoms with Crippen LogP contribution in [0.5, 0.6) is 0 Å². The van der Waals surface area contributed by atoms with E-state index in [0.29, 0.717) is 5.56 Å². The summed E-state index contributed by atoms with van der Waals surface area (Å²) in [6.45, 7) is 1.91. The van der Waals surface area contributed by atoms with E-state index in [1.165, 1.54) is 0 Å². The molecule has 0 bridgehead atoms. The second-order valence-corrected chi connectivity index (χ2v) is 2.61. The molecule has 3 heteroatoms. The van der Waals surface area contributed by atoms with Crippen LogP contribution in [0.2, 0.25) is 0 Å². The van der Waals surface area contributed by atoms with Gasteiger partial charge in [-0.05, 0) is 24.6 Å². The van der Waals surface area contributed by atoms with Crippen molar-refractivity contribution in [3.8, 4) is 6.07 Å². The highest BCUT2D eigenvalue weighted by Crippen LogP contribution is 2.04. The number of hydrogen-bond donors (Lipinski definition) is 1. The van der Waals surface area contributed by atoms with Crippen LogP contribution in [0.4, 0.5) is 0 Å². The number of nitriles is 1. The number of nitrogens with one attached hydrogen (secondary N) is 1. The molecule has 0 heterocycles. The molecule has 0 saturated heterocycles. The van der Waals surface area contributed by atoms with Gasteiger partial charge in [-0.2, -0.15) is 10.4 Å². The molecule has 0 fully saturated rings. The Morgan fingerprint density at radius 2 is 2.00 bits per heavy atom. The first kappa shape index (κ1) is 9.27. The van der Waals surface area contributed by atoms with Crippen molar-refractivity contribution in [3.63, 3.8) is 0 Å². The molecule has 0 aromatic heterocycles.